The van der Waals surface area contributed by atoms with Gasteiger partial charge in [0, 0.05) is 23.6 Å². The van der Waals surface area contributed by atoms with Crippen molar-refractivity contribution in [2.24, 2.45) is 0 Å². The lowest BCUT2D eigenvalue weighted by Gasteiger charge is -2.37. The van der Waals surface area contributed by atoms with Crippen molar-refractivity contribution in [2.75, 3.05) is 13.7 Å². The van der Waals surface area contributed by atoms with E-state index in [4.69, 9.17) is 9.15 Å². The zero-order chi connectivity index (χ0) is 16.4. The van der Waals surface area contributed by atoms with E-state index in [-0.39, 0.29) is 11.9 Å². The van der Waals surface area contributed by atoms with Crippen molar-refractivity contribution >= 4 is 16.9 Å². The summed E-state index contributed by atoms with van der Waals surface area (Å²) in [6, 6.07) is 5.53. The number of aliphatic hydroxyl groups is 1. The third-order valence-corrected chi connectivity index (χ3v) is 4.63. The summed E-state index contributed by atoms with van der Waals surface area (Å²) in [6.07, 6.45) is 4.37. The van der Waals surface area contributed by atoms with Crippen LogP contribution in [0.15, 0.2) is 28.9 Å². The number of carbonyl (C=O) groups is 1. The number of carbonyl (C=O) groups excluding carboxylic acids is 1. The molecular weight excluding hydrogens is 294 g/mol. The molecule has 2 unspecified atom stereocenters. The van der Waals surface area contributed by atoms with E-state index in [0.717, 1.165) is 48.1 Å². The summed E-state index contributed by atoms with van der Waals surface area (Å²) in [5.74, 6) is 0.782. The van der Waals surface area contributed by atoms with Crippen LogP contribution in [-0.2, 0) is 11.2 Å². The van der Waals surface area contributed by atoms with Gasteiger partial charge in [0.25, 0.3) is 0 Å². The number of hydrogen-bond donors (Lipinski definition) is 1. The summed E-state index contributed by atoms with van der Waals surface area (Å²) >= 11 is 0. The molecule has 0 aliphatic carbocycles. The maximum absolute atomic E-state index is 12.7. The molecule has 3 rings (SSSR count). The number of methoxy groups -OCH3 is 1. The molecule has 23 heavy (non-hydrogen) atoms. The van der Waals surface area contributed by atoms with Gasteiger partial charge in [0.1, 0.15) is 11.3 Å². The van der Waals surface area contributed by atoms with Crippen molar-refractivity contribution < 1.29 is 19.1 Å². The van der Waals surface area contributed by atoms with E-state index in [0.29, 0.717) is 6.42 Å². The first-order valence-electron chi connectivity index (χ1n) is 8.12. The van der Waals surface area contributed by atoms with Crippen LogP contribution in [0.4, 0.5) is 0 Å². The zero-order valence-electron chi connectivity index (χ0n) is 13.6. The fraction of sp³-hybridized carbons (Fsp3) is 0.500. The number of furan rings is 1. The zero-order valence-corrected chi connectivity index (χ0v) is 13.6. The fourth-order valence-electron chi connectivity index (χ4n) is 3.36. The van der Waals surface area contributed by atoms with Crippen LogP contribution in [0.25, 0.3) is 11.0 Å². The van der Waals surface area contributed by atoms with Crippen LogP contribution in [0.2, 0.25) is 0 Å². The van der Waals surface area contributed by atoms with Gasteiger partial charge in [-0.2, -0.15) is 0 Å². The Morgan fingerprint density at radius 3 is 3.04 bits per heavy atom. The topological polar surface area (TPSA) is 62.9 Å². The van der Waals surface area contributed by atoms with Crippen LogP contribution in [0.3, 0.4) is 0 Å². The minimum absolute atomic E-state index is 0.0501. The average molecular weight is 317 g/mol. The molecule has 5 heteroatoms. The van der Waals surface area contributed by atoms with E-state index >= 15 is 0 Å². The fourth-order valence-corrected chi connectivity index (χ4v) is 3.36. The molecule has 1 aromatic carbocycles. The maximum Gasteiger partial charge on any atom is 0.227 e. The second kappa shape index (κ2) is 6.62. The Bertz CT molecular complexity index is 691. The molecule has 1 amide bonds. The Morgan fingerprint density at radius 2 is 2.30 bits per heavy atom. The van der Waals surface area contributed by atoms with Crippen LogP contribution in [0.1, 0.15) is 31.7 Å². The maximum atomic E-state index is 12.7. The molecule has 2 aromatic rings. The number of nitrogens with zero attached hydrogens (tertiary/aromatic N) is 1. The number of ether oxygens (including phenoxy) is 1. The van der Waals surface area contributed by atoms with Gasteiger partial charge in [-0.1, -0.05) is 0 Å². The number of benzene rings is 1. The molecule has 5 nitrogen and oxygen atoms in total. The van der Waals surface area contributed by atoms with Crippen LogP contribution in [0.5, 0.6) is 5.75 Å². The van der Waals surface area contributed by atoms with E-state index in [2.05, 4.69) is 0 Å². The number of aliphatic hydroxyl groups excluding tert-OH is 1. The summed E-state index contributed by atoms with van der Waals surface area (Å²) in [7, 11) is 1.61. The van der Waals surface area contributed by atoms with Crippen molar-refractivity contribution in [3.63, 3.8) is 0 Å². The van der Waals surface area contributed by atoms with E-state index in [1.807, 2.05) is 23.1 Å². The van der Waals surface area contributed by atoms with E-state index in [9.17, 15) is 9.90 Å². The van der Waals surface area contributed by atoms with Gasteiger partial charge in [0.15, 0.2) is 0 Å². The summed E-state index contributed by atoms with van der Waals surface area (Å²) < 4.78 is 10.7. The number of likely N-dealkylation sites (tertiary alicyclic amines) is 1. The first kappa shape index (κ1) is 15.9. The average Bonchev–Trinajstić information content (AvgIpc) is 2.96. The molecule has 1 aromatic heterocycles. The lowest BCUT2D eigenvalue weighted by Crippen LogP contribution is -2.49. The molecule has 2 atom stereocenters. The lowest BCUT2D eigenvalue weighted by atomic mass is 9.97. The highest BCUT2D eigenvalue weighted by Gasteiger charge is 2.30. The van der Waals surface area contributed by atoms with Gasteiger partial charge in [-0.05, 0) is 38.3 Å². The Hall–Kier alpha value is -2.01. The molecular formula is C18H23NO4. The molecule has 0 radical (unpaired) electrons. The second-order valence-corrected chi connectivity index (χ2v) is 6.19. The third-order valence-electron chi connectivity index (χ3n) is 4.63. The smallest absolute Gasteiger partial charge is 0.227 e. The number of piperidine rings is 1. The molecule has 124 valence electrons. The van der Waals surface area contributed by atoms with Crippen LogP contribution in [0, 0.1) is 0 Å². The molecule has 1 aliphatic heterocycles. The van der Waals surface area contributed by atoms with Gasteiger partial charge in [-0.3, -0.25) is 4.79 Å². The molecule has 2 heterocycles. The Kier molecular flexibility index (Phi) is 4.57. The first-order chi connectivity index (χ1) is 11.1. The largest absolute Gasteiger partial charge is 0.497 e. The van der Waals surface area contributed by atoms with Gasteiger partial charge >= 0.3 is 0 Å². The van der Waals surface area contributed by atoms with Gasteiger partial charge in [-0.15, -0.1) is 0 Å². The highest BCUT2D eigenvalue weighted by Crippen LogP contribution is 2.27. The summed E-state index contributed by atoms with van der Waals surface area (Å²) in [5, 5.41) is 10.9. The quantitative estimate of drug-likeness (QED) is 0.942. The van der Waals surface area contributed by atoms with Crippen molar-refractivity contribution in [2.45, 2.75) is 44.8 Å². The molecule has 1 saturated heterocycles. The lowest BCUT2D eigenvalue weighted by molar-refractivity contribution is -0.136. The normalized spacial score (nSPS) is 19.8. The predicted octanol–water partition coefficient (Wildman–Crippen LogP) is 2.75. The SMILES string of the molecule is COc1ccc2c(CC(=O)N3CCCCC3C(C)O)coc2c1. The minimum atomic E-state index is -0.496. The highest BCUT2D eigenvalue weighted by molar-refractivity contribution is 5.88. The third kappa shape index (κ3) is 3.20. The Balaban J connectivity index is 1.79. The Morgan fingerprint density at radius 1 is 1.48 bits per heavy atom. The van der Waals surface area contributed by atoms with E-state index < -0.39 is 6.10 Å². The monoisotopic (exact) mass is 317 g/mol. The summed E-state index contributed by atoms with van der Waals surface area (Å²) in [6.45, 7) is 2.48. The predicted molar refractivity (Wildman–Crippen MR) is 87.5 cm³/mol. The van der Waals surface area contributed by atoms with Crippen molar-refractivity contribution in [3.8, 4) is 5.75 Å². The van der Waals surface area contributed by atoms with Crippen LogP contribution in [-0.4, -0.2) is 41.7 Å². The molecule has 1 fully saturated rings. The number of rotatable bonds is 4. The summed E-state index contributed by atoms with van der Waals surface area (Å²) in [5.41, 5.74) is 1.60. The molecule has 1 aliphatic rings. The van der Waals surface area contributed by atoms with Gasteiger partial charge in [0.2, 0.25) is 5.91 Å². The van der Waals surface area contributed by atoms with Crippen molar-refractivity contribution in [1.82, 2.24) is 4.90 Å². The molecule has 0 spiro atoms. The summed E-state index contributed by atoms with van der Waals surface area (Å²) in [4.78, 5) is 14.5. The number of fused-ring (bicyclic) bond motifs is 1. The van der Waals surface area contributed by atoms with Gasteiger partial charge < -0.3 is 19.2 Å². The minimum Gasteiger partial charge on any atom is -0.497 e. The standard InChI is InChI=1S/C18H23NO4/c1-12(20)16-5-3-4-8-19(16)18(21)9-13-11-23-17-10-14(22-2)6-7-15(13)17/h6-7,10-12,16,20H,3-5,8-9H2,1-2H3. The Labute approximate surface area is 135 Å². The highest BCUT2D eigenvalue weighted by atomic mass is 16.5. The van der Waals surface area contributed by atoms with Crippen molar-refractivity contribution in [1.29, 1.82) is 0 Å². The number of hydrogen-bond acceptors (Lipinski definition) is 4. The second-order valence-electron chi connectivity index (χ2n) is 6.19. The van der Waals surface area contributed by atoms with Crippen LogP contribution >= 0.6 is 0 Å². The first-order valence-corrected chi connectivity index (χ1v) is 8.12. The van der Waals surface area contributed by atoms with E-state index in [1.165, 1.54) is 0 Å². The van der Waals surface area contributed by atoms with E-state index in [1.54, 1.807) is 20.3 Å². The van der Waals surface area contributed by atoms with Crippen LogP contribution < -0.4 is 4.74 Å². The molecule has 0 bridgehead atoms. The van der Waals surface area contributed by atoms with Gasteiger partial charge in [0.05, 0.1) is 31.9 Å². The molecule has 0 saturated carbocycles. The number of amides is 1. The van der Waals surface area contributed by atoms with Gasteiger partial charge in [-0.25, -0.2) is 0 Å². The molecule has 1 N–H and O–H groups in total. The van der Waals surface area contributed by atoms with Crippen molar-refractivity contribution in [3.05, 3.63) is 30.0 Å².